The number of carbonyl (C=O) groups excluding carboxylic acids is 2. The third-order valence-electron chi connectivity index (χ3n) is 5.71. The zero-order chi connectivity index (χ0) is 24.3. The highest BCUT2D eigenvalue weighted by Gasteiger charge is 2.30. The number of ether oxygens (including phenoxy) is 1. The Kier molecular flexibility index (Phi) is 9.27. The molecule has 0 aliphatic rings. The molecule has 2 amide bonds. The predicted molar refractivity (Wildman–Crippen MR) is 136 cm³/mol. The molecule has 178 valence electrons. The first-order valence-electron chi connectivity index (χ1n) is 11.8. The van der Waals surface area contributed by atoms with E-state index in [1.54, 1.807) is 4.90 Å². The molecule has 3 rings (SSSR count). The monoisotopic (exact) mass is 458 g/mol. The molecular formula is C29H34N2O3. The molecule has 1 atom stereocenters. The number of aryl methyl sites for hydroxylation is 2. The van der Waals surface area contributed by atoms with Crippen LogP contribution in [0.15, 0.2) is 78.9 Å². The molecule has 3 aromatic carbocycles. The quantitative estimate of drug-likeness (QED) is 0.447. The number of hydrogen-bond donors (Lipinski definition) is 1. The summed E-state index contributed by atoms with van der Waals surface area (Å²) in [7, 11) is 0. The van der Waals surface area contributed by atoms with Gasteiger partial charge in [0.2, 0.25) is 5.91 Å². The highest BCUT2D eigenvalue weighted by atomic mass is 16.5. The molecule has 0 aliphatic heterocycles. The lowest BCUT2D eigenvalue weighted by Gasteiger charge is -2.31. The van der Waals surface area contributed by atoms with Crippen molar-refractivity contribution in [2.45, 2.75) is 46.2 Å². The number of hydrogen-bond acceptors (Lipinski definition) is 3. The lowest BCUT2D eigenvalue weighted by Crippen LogP contribution is -2.51. The van der Waals surface area contributed by atoms with Crippen molar-refractivity contribution in [1.82, 2.24) is 10.2 Å². The third-order valence-corrected chi connectivity index (χ3v) is 5.71. The van der Waals surface area contributed by atoms with E-state index in [2.05, 4.69) is 5.32 Å². The minimum absolute atomic E-state index is 0.135. The Morgan fingerprint density at radius 3 is 2.21 bits per heavy atom. The van der Waals surface area contributed by atoms with Crippen molar-refractivity contribution in [3.8, 4) is 5.75 Å². The van der Waals surface area contributed by atoms with Gasteiger partial charge in [0.05, 0.1) is 0 Å². The van der Waals surface area contributed by atoms with Crippen molar-refractivity contribution in [1.29, 1.82) is 0 Å². The molecule has 0 unspecified atom stereocenters. The summed E-state index contributed by atoms with van der Waals surface area (Å²) in [5.41, 5.74) is 3.99. The van der Waals surface area contributed by atoms with Crippen molar-refractivity contribution in [3.63, 3.8) is 0 Å². The van der Waals surface area contributed by atoms with Crippen LogP contribution in [0.2, 0.25) is 0 Å². The Hall–Kier alpha value is -3.60. The number of amides is 2. The van der Waals surface area contributed by atoms with Crippen molar-refractivity contribution in [2.75, 3.05) is 13.2 Å². The van der Waals surface area contributed by atoms with Crippen molar-refractivity contribution < 1.29 is 14.3 Å². The summed E-state index contributed by atoms with van der Waals surface area (Å²) < 4.78 is 5.94. The lowest BCUT2D eigenvalue weighted by atomic mass is 10.0. The first kappa shape index (κ1) is 25.0. The number of rotatable bonds is 11. The van der Waals surface area contributed by atoms with Crippen molar-refractivity contribution in [3.05, 3.63) is 101 Å². The smallest absolute Gasteiger partial charge is 0.261 e. The van der Waals surface area contributed by atoms with Gasteiger partial charge in [0.15, 0.2) is 6.61 Å². The van der Waals surface area contributed by atoms with Gasteiger partial charge in [-0.25, -0.2) is 0 Å². The van der Waals surface area contributed by atoms with E-state index in [1.807, 2.05) is 99.6 Å². The van der Waals surface area contributed by atoms with E-state index < -0.39 is 6.04 Å². The van der Waals surface area contributed by atoms with E-state index >= 15 is 0 Å². The van der Waals surface area contributed by atoms with Crippen LogP contribution < -0.4 is 10.1 Å². The van der Waals surface area contributed by atoms with Gasteiger partial charge in [-0.3, -0.25) is 9.59 Å². The van der Waals surface area contributed by atoms with Gasteiger partial charge in [-0.2, -0.15) is 0 Å². The van der Waals surface area contributed by atoms with E-state index in [4.69, 9.17) is 4.74 Å². The van der Waals surface area contributed by atoms with E-state index in [0.717, 1.165) is 28.7 Å². The van der Waals surface area contributed by atoms with Crippen LogP contribution in [0.4, 0.5) is 0 Å². The van der Waals surface area contributed by atoms with Crippen LogP contribution in [-0.2, 0) is 22.6 Å². The molecule has 0 saturated carbocycles. The minimum atomic E-state index is -0.649. The van der Waals surface area contributed by atoms with Crippen LogP contribution in [0.1, 0.15) is 35.6 Å². The van der Waals surface area contributed by atoms with Gasteiger partial charge in [-0.1, -0.05) is 79.7 Å². The highest BCUT2D eigenvalue weighted by molar-refractivity contribution is 5.88. The first-order valence-corrected chi connectivity index (χ1v) is 11.8. The maximum absolute atomic E-state index is 13.5. The summed E-state index contributed by atoms with van der Waals surface area (Å²) >= 11 is 0. The molecule has 0 saturated heterocycles. The molecule has 0 aliphatic carbocycles. The molecule has 5 nitrogen and oxygen atoms in total. The summed E-state index contributed by atoms with van der Waals surface area (Å²) in [4.78, 5) is 28.5. The van der Waals surface area contributed by atoms with Gasteiger partial charge in [0, 0.05) is 19.5 Å². The molecule has 3 aromatic rings. The predicted octanol–water partition coefficient (Wildman–Crippen LogP) is 4.85. The Bertz CT molecular complexity index is 1070. The SMILES string of the molecule is CCCNC(=O)[C@@H](Cc1ccccc1)N(Cc1ccccc1)C(=O)COc1cc(C)ccc1C. The number of nitrogens with one attached hydrogen (secondary N) is 1. The molecular weight excluding hydrogens is 424 g/mol. The normalized spacial score (nSPS) is 11.5. The second-order valence-electron chi connectivity index (χ2n) is 8.56. The van der Waals surface area contributed by atoms with E-state index in [0.29, 0.717) is 25.3 Å². The molecule has 0 heterocycles. The molecule has 34 heavy (non-hydrogen) atoms. The number of benzene rings is 3. The van der Waals surface area contributed by atoms with Gasteiger partial charge in [-0.05, 0) is 48.6 Å². The second kappa shape index (κ2) is 12.6. The van der Waals surface area contributed by atoms with E-state index in [9.17, 15) is 9.59 Å². The topological polar surface area (TPSA) is 58.6 Å². The molecule has 5 heteroatoms. The van der Waals surface area contributed by atoms with Crippen LogP contribution in [-0.4, -0.2) is 35.9 Å². The first-order chi connectivity index (χ1) is 16.5. The maximum atomic E-state index is 13.5. The van der Waals surface area contributed by atoms with Crippen molar-refractivity contribution >= 4 is 11.8 Å². The Morgan fingerprint density at radius 2 is 1.56 bits per heavy atom. The largest absolute Gasteiger partial charge is 0.483 e. The van der Waals surface area contributed by atoms with Gasteiger partial charge in [0.25, 0.3) is 5.91 Å². The summed E-state index contributed by atoms with van der Waals surface area (Å²) in [5.74, 6) is 0.308. The van der Waals surface area contributed by atoms with Crippen LogP contribution in [0.25, 0.3) is 0 Å². The fourth-order valence-corrected chi connectivity index (χ4v) is 3.79. The molecule has 0 radical (unpaired) electrons. The van der Waals surface area contributed by atoms with Gasteiger partial charge in [-0.15, -0.1) is 0 Å². The zero-order valence-corrected chi connectivity index (χ0v) is 20.3. The molecule has 0 fully saturated rings. The Balaban J connectivity index is 1.88. The molecule has 1 N–H and O–H groups in total. The molecule has 0 bridgehead atoms. The van der Waals surface area contributed by atoms with Crippen LogP contribution in [0.5, 0.6) is 5.75 Å². The fraction of sp³-hybridized carbons (Fsp3) is 0.310. The van der Waals surface area contributed by atoms with Crippen molar-refractivity contribution in [2.24, 2.45) is 0 Å². The van der Waals surface area contributed by atoms with E-state index in [1.165, 1.54) is 0 Å². The average molecular weight is 459 g/mol. The maximum Gasteiger partial charge on any atom is 0.261 e. The highest BCUT2D eigenvalue weighted by Crippen LogP contribution is 2.20. The Morgan fingerprint density at radius 1 is 0.912 bits per heavy atom. The standard InChI is InChI=1S/C29H34N2O3/c1-4-17-30-29(33)26(19-24-11-7-5-8-12-24)31(20-25-13-9-6-10-14-25)28(32)21-34-27-18-22(2)15-16-23(27)3/h5-16,18,26H,4,17,19-21H2,1-3H3,(H,30,33)/t26-/m1/s1. The minimum Gasteiger partial charge on any atom is -0.483 e. The summed E-state index contributed by atoms with van der Waals surface area (Å²) in [6.45, 7) is 6.71. The summed E-state index contributed by atoms with van der Waals surface area (Å²) in [5, 5.41) is 2.99. The molecule has 0 spiro atoms. The van der Waals surface area contributed by atoms with E-state index in [-0.39, 0.29) is 18.4 Å². The zero-order valence-electron chi connectivity index (χ0n) is 20.3. The third kappa shape index (κ3) is 7.20. The van der Waals surface area contributed by atoms with Crippen LogP contribution >= 0.6 is 0 Å². The summed E-state index contributed by atoms with van der Waals surface area (Å²) in [6.07, 6.45) is 1.25. The van der Waals surface area contributed by atoms with Gasteiger partial charge in [0.1, 0.15) is 11.8 Å². The van der Waals surface area contributed by atoms with Gasteiger partial charge < -0.3 is 15.0 Å². The average Bonchev–Trinajstić information content (AvgIpc) is 2.86. The van der Waals surface area contributed by atoms with Gasteiger partial charge >= 0.3 is 0 Å². The summed E-state index contributed by atoms with van der Waals surface area (Å²) in [6, 6.07) is 24.8. The Labute approximate surface area is 202 Å². The molecule has 0 aromatic heterocycles. The van der Waals surface area contributed by atoms with Crippen LogP contribution in [0, 0.1) is 13.8 Å². The van der Waals surface area contributed by atoms with Crippen LogP contribution in [0.3, 0.4) is 0 Å². The lowest BCUT2D eigenvalue weighted by molar-refractivity contribution is -0.142. The fourth-order valence-electron chi connectivity index (χ4n) is 3.79. The second-order valence-corrected chi connectivity index (χ2v) is 8.56. The number of carbonyl (C=O) groups is 2. The number of nitrogens with zero attached hydrogens (tertiary/aromatic N) is 1.